The second-order valence-corrected chi connectivity index (χ2v) is 5.88. The summed E-state index contributed by atoms with van der Waals surface area (Å²) < 4.78 is 2.79. The first-order valence-corrected chi connectivity index (χ1v) is 7.42. The average Bonchev–Trinajstić information content (AvgIpc) is 2.73. The molecule has 102 valence electrons. The first kappa shape index (κ1) is 13.7. The van der Waals surface area contributed by atoms with Gasteiger partial charge in [0.15, 0.2) is 4.77 Å². The maximum Gasteiger partial charge on any atom is 0.178 e. The van der Waals surface area contributed by atoms with Crippen molar-refractivity contribution in [1.29, 1.82) is 0 Å². The van der Waals surface area contributed by atoms with E-state index in [2.05, 4.69) is 9.55 Å². The van der Waals surface area contributed by atoms with E-state index >= 15 is 0 Å². The summed E-state index contributed by atoms with van der Waals surface area (Å²) in [6.07, 6.45) is 0.894. The zero-order valence-electron chi connectivity index (χ0n) is 10.6. The molecule has 0 atom stereocenters. The highest BCUT2D eigenvalue weighted by molar-refractivity contribution is 7.71. The SMILES string of the molecule is S=c1[nH]c2ccc(Cl)cc2n1CCc1ccc(Cl)cc1. The number of aryl methyl sites for hydroxylation is 2. The highest BCUT2D eigenvalue weighted by Crippen LogP contribution is 2.20. The second kappa shape index (κ2) is 5.60. The van der Waals surface area contributed by atoms with Crippen molar-refractivity contribution in [2.45, 2.75) is 13.0 Å². The highest BCUT2D eigenvalue weighted by Gasteiger charge is 2.05. The number of fused-ring (bicyclic) bond motifs is 1. The molecule has 0 bridgehead atoms. The van der Waals surface area contributed by atoms with Crippen molar-refractivity contribution in [2.24, 2.45) is 0 Å². The molecule has 3 aromatic rings. The monoisotopic (exact) mass is 322 g/mol. The van der Waals surface area contributed by atoms with Crippen LogP contribution in [0.2, 0.25) is 10.0 Å². The molecule has 0 aliphatic rings. The molecule has 0 fully saturated rings. The van der Waals surface area contributed by atoms with Crippen molar-refractivity contribution < 1.29 is 0 Å². The van der Waals surface area contributed by atoms with Gasteiger partial charge in [0.2, 0.25) is 0 Å². The Balaban J connectivity index is 1.90. The van der Waals surface area contributed by atoms with E-state index in [-0.39, 0.29) is 0 Å². The zero-order valence-corrected chi connectivity index (χ0v) is 12.9. The Hall–Kier alpha value is -1.29. The molecule has 20 heavy (non-hydrogen) atoms. The molecule has 1 heterocycles. The molecule has 0 unspecified atom stereocenters. The van der Waals surface area contributed by atoms with Gasteiger partial charge in [0.05, 0.1) is 11.0 Å². The lowest BCUT2D eigenvalue weighted by Gasteiger charge is -2.05. The molecule has 3 rings (SSSR count). The van der Waals surface area contributed by atoms with Crippen LogP contribution in [-0.4, -0.2) is 9.55 Å². The summed E-state index contributed by atoms with van der Waals surface area (Å²) in [6, 6.07) is 13.6. The number of H-pyrrole nitrogens is 1. The third-order valence-electron chi connectivity index (χ3n) is 3.27. The van der Waals surface area contributed by atoms with Crippen LogP contribution in [0, 0.1) is 4.77 Å². The minimum absolute atomic E-state index is 0.715. The normalized spacial score (nSPS) is 11.1. The standard InChI is InChI=1S/C15H12Cl2N2S/c16-11-3-1-10(2-4-11)7-8-19-14-9-12(17)5-6-13(14)18-15(19)20/h1-6,9H,7-8H2,(H,18,20). The van der Waals surface area contributed by atoms with Gasteiger partial charge in [-0.2, -0.15) is 0 Å². The quantitative estimate of drug-likeness (QED) is 0.653. The fraction of sp³-hybridized carbons (Fsp3) is 0.133. The smallest absolute Gasteiger partial charge is 0.178 e. The summed E-state index contributed by atoms with van der Waals surface area (Å²) in [5.74, 6) is 0. The Morgan fingerprint density at radius 2 is 1.70 bits per heavy atom. The summed E-state index contributed by atoms with van der Waals surface area (Å²) in [5, 5.41) is 1.47. The Bertz CT molecular complexity index is 803. The van der Waals surface area contributed by atoms with Gasteiger partial charge in [0.25, 0.3) is 0 Å². The van der Waals surface area contributed by atoms with Crippen LogP contribution < -0.4 is 0 Å². The van der Waals surface area contributed by atoms with E-state index in [0.29, 0.717) is 5.02 Å². The minimum Gasteiger partial charge on any atom is -0.331 e. The number of aromatic amines is 1. The number of aromatic nitrogens is 2. The topological polar surface area (TPSA) is 20.7 Å². The molecule has 0 saturated carbocycles. The molecule has 2 nitrogen and oxygen atoms in total. The molecule has 0 radical (unpaired) electrons. The number of hydrogen-bond acceptors (Lipinski definition) is 1. The van der Waals surface area contributed by atoms with Crippen molar-refractivity contribution in [1.82, 2.24) is 9.55 Å². The number of hydrogen-bond donors (Lipinski definition) is 1. The van der Waals surface area contributed by atoms with Gasteiger partial charge in [-0.1, -0.05) is 35.3 Å². The van der Waals surface area contributed by atoms with Crippen LogP contribution in [0.25, 0.3) is 11.0 Å². The third-order valence-corrected chi connectivity index (χ3v) is 4.08. The lowest BCUT2D eigenvalue weighted by molar-refractivity contribution is 0.706. The van der Waals surface area contributed by atoms with E-state index in [1.165, 1.54) is 5.56 Å². The number of imidazole rings is 1. The molecule has 2 aromatic carbocycles. The van der Waals surface area contributed by atoms with E-state index in [1.54, 1.807) is 0 Å². The van der Waals surface area contributed by atoms with E-state index in [0.717, 1.165) is 33.8 Å². The van der Waals surface area contributed by atoms with Crippen LogP contribution in [0.15, 0.2) is 42.5 Å². The van der Waals surface area contributed by atoms with Crippen LogP contribution in [0.1, 0.15) is 5.56 Å². The maximum absolute atomic E-state index is 6.06. The molecular weight excluding hydrogens is 311 g/mol. The third kappa shape index (κ3) is 2.75. The van der Waals surface area contributed by atoms with Gasteiger partial charge >= 0.3 is 0 Å². The molecule has 0 aliphatic carbocycles. The fourth-order valence-electron chi connectivity index (χ4n) is 2.24. The van der Waals surface area contributed by atoms with Crippen molar-refractivity contribution in [3.8, 4) is 0 Å². The predicted molar refractivity (Wildman–Crippen MR) is 87.3 cm³/mol. The van der Waals surface area contributed by atoms with Crippen LogP contribution in [0.3, 0.4) is 0 Å². The van der Waals surface area contributed by atoms with Crippen LogP contribution in [0.4, 0.5) is 0 Å². The summed E-state index contributed by atoms with van der Waals surface area (Å²) in [4.78, 5) is 3.20. The lowest BCUT2D eigenvalue weighted by Crippen LogP contribution is -2.01. The number of halogens is 2. The van der Waals surface area contributed by atoms with Gasteiger partial charge in [-0.05, 0) is 54.5 Å². The van der Waals surface area contributed by atoms with Crippen molar-refractivity contribution >= 4 is 46.5 Å². The van der Waals surface area contributed by atoms with E-state index < -0.39 is 0 Å². The first-order chi connectivity index (χ1) is 9.63. The lowest BCUT2D eigenvalue weighted by atomic mass is 10.1. The molecule has 0 aliphatic heterocycles. The van der Waals surface area contributed by atoms with Gasteiger partial charge in [-0.15, -0.1) is 0 Å². The Kier molecular flexibility index (Phi) is 3.83. The van der Waals surface area contributed by atoms with Crippen LogP contribution >= 0.6 is 35.4 Å². The zero-order chi connectivity index (χ0) is 14.1. The number of rotatable bonds is 3. The van der Waals surface area contributed by atoms with Crippen LogP contribution in [0.5, 0.6) is 0 Å². The molecule has 0 spiro atoms. The fourth-order valence-corrected chi connectivity index (χ4v) is 2.83. The van der Waals surface area contributed by atoms with Gasteiger partial charge in [0, 0.05) is 16.6 Å². The second-order valence-electron chi connectivity index (χ2n) is 4.62. The van der Waals surface area contributed by atoms with Gasteiger partial charge in [-0.25, -0.2) is 0 Å². The number of nitrogens with one attached hydrogen (secondary N) is 1. The van der Waals surface area contributed by atoms with Crippen molar-refractivity contribution in [3.63, 3.8) is 0 Å². The molecule has 5 heteroatoms. The van der Waals surface area contributed by atoms with Gasteiger partial charge < -0.3 is 9.55 Å². The summed E-state index contributed by atoms with van der Waals surface area (Å²) in [7, 11) is 0. The molecule has 0 amide bonds. The molecule has 0 saturated heterocycles. The largest absolute Gasteiger partial charge is 0.331 e. The van der Waals surface area contributed by atoms with Gasteiger partial charge in [0.1, 0.15) is 0 Å². The van der Waals surface area contributed by atoms with Crippen LogP contribution in [-0.2, 0) is 13.0 Å². The van der Waals surface area contributed by atoms with E-state index in [9.17, 15) is 0 Å². The average molecular weight is 323 g/mol. The minimum atomic E-state index is 0.715. The Labute approximate surface area is 132 Å². The summed E-state index contributed by atoms with van der Waals surface area (Å²) >= 11 is 17.3. The maximum atomic E-state index is 6.06. The number of nitrogens with zero attached hydrogens (tertiary/aromatic N) is 1. The molecular formula is C15H12Cl2N2S. The summed E-state index contributed by atoms with van der Waals surface area (Å²) in [5.41, 5.74) is 3.28. The van der Waals surface area contributed by atoms with Gasteiger partial charge in [-0.3, -0.25) is 0 Å². The first-order valence-electron chi connectivity index (χ1n) is 6.26. The molecule has 1 aromatic heterocycles. The van der Waals surface area contributed by atoms with E-state index in [1.807, 2.05) is 42.5 Å². The Morgan fingerprint density at radius 3 is 2.45 bits per heavy atom. The van der Waals surface area contributed by atoms with E-state index in [4.69, 9.17) is 35.4 Å². The number of benzene rings is 2. The highest BCUT2D eigenvalue weighted by atomic mass is 35.5. The van der Waals surface area contributed by atoms with Crippen molar-refractivity contribution in [3.05, 3.63) is 62.8 Å². The van der Waals surface area contributed by atoms with Crippen molar-refractivity contribution in [2.75, 3.05) is 0 Å². The predicted octanol–water partition coefficient (Wildman–Crippen LogP) is 5.25. The molecule has 1 N–H and O–H groups in total. The summed E-state index contributed by atoms with van der Waals surface area (Å²) in [6.45, 7) is 0.806. The Morgan fingerprint density at radius 1 is 1.00 bits per heavy atom.